The predicted octanol–water partition coefficient (Wildman–Crippen LogP) is 5.82. The number of ether oxygens (including phenoxy) is 2. The van der Waals surface area contributed by atoms with Gasteiger partial charge in [-0.05, 0) is 56.6 Å². The summed E-state index contributed by atoms with van der Waals surface area (Å²) in [5, 5.41) is 0.000358. The van der Waals surface area contributed by atoms with Crippen LogP contribution in [0.15, 0.2) is 24.3 Å². The number of benzene rings is 1. The van der Waals surface area contributed by atoms with Crippen LogP contribution in [0.2, 0.25) is 18.1 Å². The highest BCUT2D eigenvalue weighted by molar-refractivity contribution is 6.99. The van der Waals surface area contributed by atoms with Crippen molar-refractivity contribution in [3.8, 4) is 5.88 Å². The van der Waals surface area contributed by atoms with Gasteiger partial charge in [0, 0.05) is 36.6 Å². The maximum absolute atomic E-state index is 13.8. The van der Waals surface area contributed by atoms with E-state index in [0.29, 0.717) is 37.1 Å². The fraction of sp³-hybridized carbons (Fsp3) is 0.667. The summed E-state index contributed by atoms with van der Waals surface area (Å²) in [6, 6.07) is 7.48. The minimum Gasteiger partial charge on any atom is -0.472 e. The van der Waals surface area contributed by atoms with Gasteiger partial charge in [-0.3, -0.25) is 4.79 Å². The molecule has 0 unspecified atom stereocenters. The van der Waals surface area contributed by atoms with E-state index in [-0.39, 0.29) is 23.7 Å². The summed E-state index contributed by atoms with van der Waals surface area (Å²) in [6.07, 6.45) is -0.347. The molecule has 1 aliphatic heterocycles. The molecule has 1 amide bonds. The van der Waals surface area contributed by atoms with E-state index in [2.05, 4.69) is 47.5 Å². The van der Waals surface area contributed by atoms with E-state index in [1.54, 1.807) is 0 Å². The van der Waals surface area contributed by atoms with E-state index < -0.39 is 13.9 Å². The molecule has 0 bridgehead atoms. The first kappa shape index (κ1) is 30.8. The first-order chi connectivity index (χ1) is 17.7. The normalized spacial score (nSPS) is 15.9. The van der Waals surface area contributed by atoms with Gasteiger partial charge in [-0.15, -0.1) is 16.0 Å². The van der Waals surface area contributed by atoms with E-state index in [1.165, 1.54) is 0 Å². The summed E-state index contributed by atoms with van der Waals surface area (Å²) >= 11 is 7.10. The maximum Gasteiger partial charge on any atom is 0.270 e. The molecule has 3 rings (SSSR count). The van der Waals surface area contributed by atoms with E-state index in [0.717, 1.165) is 36.2 Å². The van der Waals surface area contributed by atoms with Crippen LogP contribution in [-0.2, 0) is 15.0 Å². The maximum atomic E-state index is 13.8. The van der Waals surface area contributed by atoms with E-state index in [9.17, 15) is 4.79 Å². The summed E-state index contributed by atoms with van der Waals surface area (Å²) in [5.74, 6) is 1.61. The fourth-order valence-corrected chi connectivity index (χ4v) is 5.91. The molecule has 0 spiro atoms. The highest BCUT2D eigenvalue weighted by Crippen LogP contribution is 2.38. The van der Waals surface area contributed by atoms with Crippen LogP contribution in [0.3, 0.4) is 0 Å². The standard InChI is InChI=1S/C27H43ClN4O4SSi/c1-26(2,3)32(25(33)21-11-9-20(17-28)10-12-21)18-22(36-38(7,8)27(4,5)6)19-35-24-23(29-37-30-24)31-13-15-34-16-14-31/h9-12,22H,13-19H2,1-8H3/t22-/m0/s1. The van der Waals surface area contributed by atoms with Crippen molar-refractivity contribution in [1.29, 1.82) is 0 Å². The molecule has 11 heteroatoms. The van der Waals surface area contributed by atoms with E-state index >= 15 is 0 Å². The molecule has 1 fully saturated rings. The predicted molar refractivity (Wildman–Crippen MR) is 157 cm³/mol. The molecule has 0 radical (unpaired) electrons. The Kier molecular flexibility index (Phi) is 10.2. The van der Waals surface area contributed by atoms with Crippen molar-refractivity contribution >= 4 is 43.4 Å². The quantitative estimate of drug-likeness (QED) is 0.258. The number of aromatic nitrogens is 2. The average molecular weight is 583 g/mol. The average Bonchev–Trinajstić information content (AvgIpc) is 3.33. The highest BCUT2D eigenvalue weighted by Gasteiger charge is 2.41. The van der Waals surface area contributed by atoms with Gasteiger partial charge < -0.3 is 23.7 Å². The van der Waals surface area contributed by atoms with Crippen LogP contribution in [0.1, 0.15) is 57.5 Å². The molecule has 1 aromatic heterocycles. The van der Waals surface area contributed by atoms with E-state index in [1.807, 2.05) is 49.9 Å². The van der Waals surface area contributed by atoms with Crippen LogP contribution in [-0.4, -0.2) is 79.0 Å². The Morgan fingerprint density at radius 2 is 1.76 bits per heavy atom. The van der Waals surface area contributed by atoms with Crippen LogP contribution in [0, 0.1) is 0 Å². The number of hydrogen-bond donors (Lipinski definition) is 0. The second-order valence-corrected chi connectivity index (χ2v) is 17.8. The van der Waals surface area contributed by atoms with Gasteiger partial charge in [0.25, 0.3) is 11.8 Å². The number of hydrogen-bond acceptors (Lipinski definition) is 8. The van der Waals surface area contributed by atoms with Crippen molar-refractivity contribution in [3.63, 3.8) is 0 Å². The molecule has 0 aliphatic carbocycles. The third-order valence-corrected chi connectivity index (χ3v) is 12.6. The summed E-state index contributed by atoms with van der Waals surface area (Å²) in [5.41, 5.74) is 1.17. The third kappa shape index (κ3) is 7.91. The van der Waals surface area contributed by atoms with Gasteiger partial charge in [0.05, 0.1) is 31.0 Å². The number of alkyl halides is 1. The molecule has 2 heterocycles. The minimum atomic E-state index is -2.18. The third-order valence-electron chi connectivity index (χ3n) is 7.22. The van der Waals surface area contributed by atoms with Gasteiger partial charge in [-0.2, -0.15) is 4.37 Å². The van der Waals surface area contributed by atoms with Crippen molar-refractivity contribution in [2.45, 2.75) is 77.2 Å². The molecular weight excluding hydrogens is 540 g/mol. The molecule has 1 aliphatic rings. The summed E-state index contributed by atoms with van der Waals surface area (Å²) < 4.78 is 27.5. The van der Waals surface area contributed by atoms with Gasteiger partial charge in [-0.1, -0.05) is 32.9 Å². The zero-order valence-corrected chi connectivity index (χ0v) is 26.6. The molecule has 0 saturated carbocycles. The molecule has 8 nitrogen and oxygen atoms in total. The van der Waals surface area contributed by atoms with Gasteiger partial charge in [-0.25, -0.2) is 0 Å². The number of rotatable bonds is 10. The van der Waals surface area contributed by atoms with Crippen LogP contribution >= 0.6 is 23.3 Å². The summed E-state index contributed by atoms with van der Waals surface area (Å²) in [4.78, 5) is 17.8. The van der Waals surface area contributed by atoms with Crippen molar-refractivity contribution in [2.24, 2.45) is 0 Å². The Bertz CT molecular complexity index is 1050. The first-order valence-corrected chi connectivity index (χ1v) is 17.3. The number of halogens is 1. The molecule has 2 aromatic rings. The van der Waals surface area contributed by atoms with Crippen LogP contribution in [0.25, 0.3) is 0 Å². The van der Waals surface area contributed by atoms with Crippen LogP contribution < -0.4 is 9.64 Å². The number of amides is 1. The summed E-state index contributed by atoms with van der Waals surface area (Å²) in [6.45, 7) is 20.7. The molecule has 212 valence electrons. The molecule has 1 atom stereocenters. The van der Waals surface area contributed by atoms with Crippen molar-refractivity contribution in [1.82, 2.24) is 13.6 Å². The van der Waals surface area contributed by atoms with Gasteiger partial charge in [0.2, 0.25) is 5.82 Å². The number of morpholine rings is 1. The largest absolute Gasteiger partial charge is 0.472 e. The first-order valence-electron chi connectivity index (χ1n) is 13.2. The van der Waals surface area contributed by atoms with Crippen molar-refractivity contribution in [2.75, 3.05) is 44.4 Å². The van der Waals surface area contributed by atoms with Gasteiger partial charge in [0.1, 0.15) is 6.61 Å². The monoisotopic (exact) mass is 582 g/mol. The lowest BCUT2D eigenvalue weighted by Gasteiger charge is -2.43. The van der Waals surface area contributed by atoms with Crippen LogP contribution in [0.5, 0.6) is 5.88 Å². The topological polar surface area (TPSA) is 77.0 Å². The smallest absolute Gasteiger partial charge is 0.270 e. The number of carbonyl (C=O) groups excluding carboxylic acids is 1. The van der Waals surface area contributed by atoms with E-state index in [4.69, 9.17) is 25.5 Å². The highest BCUT2D eigenvalue weighted by atomic mass is 35.5. The second kappa shape index (κ2) is 12.6. The Labute approximate surface area is 238 Å². The summed E-state index contributed by atoms with van der Waals surface area (Å²) in [7, 11) is -2.18. The Morgan fingerprint density at radius 1 is 1.13 bits per heavy atom. The van der Waals surface area contributed by atoms with Gasteiger partial charge >= 0.3 is 0 Å². The van der Waals surface area contributed by atoms with Crippen molar-refractivity contribution in [3.05, 3.63) is 35.4 Å². The minimum absolute atomic E-state index is 0.000358. The lowest BCUT2D eigenvalue weighted by Crippen LogP contribution is -2.54. The number of carbonyl (C=O) groups is 1. The molecule has 38 heavy (non-hydrogen) atoms. The fourth-order valence-electron chi connectivity index (χ4n) is 3.88. The number of anilines is 1. The molecule has 1 saturated heterocycles. The number of nitrogens with zero attached hydrogens (tertiary/aromatic N) is 4. The Morgan fingerprint density at radius 3 is 2.32 bits per heavy atom. The zero-order valence-electron chi connectivity index (χ0n) is 24.0. The molecule has 1 aromatic carbocycles. The molecular formula is C27H43ClN4O4SSi. The Balaban J connectivity index is 1.85. The molecule has 0 N–H and O–H groups in total. The lowest BCUT2D eigenvalue weighted by molar-refractivity contribution is 0.0298. The SMILES string of the molecule is CC(C)(C)N(C[C@@H](COc1nsnc1N1CCOCC1)O[Si](C)(C)C(C)(C)C)C(=O)c1ccc(CCl)cc1. The second-order valence-electron chi connectivity index (χ2n) is 12.2. The van der Waals surface area contributed by atoms with Gasteiger partial charge in [0.15, 0.2) is 8.32 Å². The lowest BCUT2D eigenvalue weighted by atomic mass is 10.0. The Hall–Kier alpha value is -1.72. The zero-order chi connectivity index (χ0) is 28.1. The van der Waals surface area contributed by atoms with Crippen LogP contribution in [0.4, 0.5) is 5.82 Å². The van der Waals surface area contributed by atoms with Crippen molar-refractivity contribution < 1.29 is 18.7 Å².